The van der Waals surface area contributed by atoms with Crippen LogP contribution in [0.2, 0.25) is 0 Å². The summed E-state index contributed by atoms with van der Waals surface area (Å²) in [5.74, 6) is 0.0654. The van der Waals surface area contributed by atoms with Gasteiger partial charge in [0.05, 0.1) is 19.0 Å². The predicted octanol–water partition coefficient (Wildman–Crippen LogP) is 2.41. The van der Waals surface area contributed by atoms with E-state index < -0.39 is 0 Å². The molecule has 0 aliphatic rings. The highest BCUT2D eigenvalue weighted by Gasteiger charge is 2.14. The molecule has 2 N–H and O–H groups in total. The van der Waals surface area contributed by atoms with Crippen molar-refractivity contribution in [3.63, 3.8) is 0 Å². The number of benzene rings is 1. The van der Waals surface area contributed by atoms with Crippen molar-refractivity contribution in [2.24, 2.45) is 0 Å². The van der Waals surface area contributed by atoms with Crippen molar-refractivity contribution in [2.75, 3.05) is 7.11 Å². The molecule has 6 heteroatoms. The number of ether oxygens (including phenoxy) is 1. The molecule has 0 fully saturated rings. The standard InChI is InChI=1S/C17H16N4O2/c1-23-17-14(8-5-9-18-17)16(22)19-10-13-11-20-21-15(13)12-6-3-2-4-7-12/h2-9,11H,10H2,1H3,(H,19,22)(H,20,21). The van der Waals surface area contributed by atoms with Crippen LogP contribution in [-0.4, -0.2) is 28.2 Å². The van der Waals surface area contributed by atoms with Gasteiger partial charge in [-0.05, 0) is 17.7 Å². The van der Waals surface area contributed by atoms with Crippen LogP contribution in [0.15, 0.2) is 54.9 Å². The van der Waals surface area contributed by atoms with E-state index in [2.05, 4.69) is 20.5 Å². The van der Waals surface area contributed by atoms with Crippen molar-refractivity contribution in [3.05, 3.63) is 66.0 Å². The van der Waals surface area contributed by atoms with Crippen LogP contribution < -0.4 is 10.1 Å². The molecule has 2 heterocycles. The Morgan fingerprint density at radius 1 is 1.22 bits per heavy atom. The number of pyridine rings is 1. The summed E-state index contributed by atoms with van der Waals surface area (Å²) < 4.78 is 5.11. The zero-order chi connectivity index (χ0) is 16.1. The number of hydrogen-bond donors (Lipinski definition) is 2. The summed E-state index contributed by atoms with van der Waals surface area (Å²) in [5, 5.41) is 9.91. The Labute approximate surface area is 133 Å². The summed E-state index contributed by atoms with van der Waals surface area (Å²) in [6.07, 6.45) is 3.29. The lowest BCUT2D eigenvalue weighted by atomic mass is 10.1. The summed E-state index contributed by atoms with van der Waals surface area (Å²) in [7, 11) is 1.49. The topological polar surface area (TPSA) is 79.9 Å². The molecule has 1 aromatic carbocycles. The first-order chi connectivity index (χ1) is 11.3. The molecule has 0 bridgehead atoms. The van der Waals surface area contributed by atoms with Gasteiger partial charge in [-0.25, -0.2) is 4.98 Å². The number of carbonyl (C=O) groups is 1. The third-order valence-corrected chi connectivity index (χ3v) is 3.43. The lowest BCUT2D eigenvalue weighted by Gasteiger charge is -2.08. The maximum absolute atomic E-state index is 12.3. The highest BCUT2D eigenvalue weighted by Crippen LogP contribution is 2.20. The van der Waals surface area contributed by atoms with Gasteiger partial charge in [-0.3, -0.25) is 9.89 Å². The first-order valence-corrected chi connectivity index (χ1v) is 7.14. The summed E-state index contributed by atoms with van der Waals surface area (Å²) >= 11 is 0. The van der Waals surface area contributed by atoms with Crippen molar-refractivity contribution in [1.82, 2.24) is 20.5 Å². The molecule has 0 atom stereocenters. The maximum Gasteiger partial charge on any atom is 0.257 e. The molecule has 2 aromatic heterocycles. The number of hydrogen-bond acceptors (Lipinski definition) is 4. The highest BCUT2D eigenvalue weighted by atomic mass is 16.5. The fourth-order valence-electron chi connectivity index (χ4n) is 2.30. The molecular formula is C17H16N4O2. The number of amides is 1. The van der Waals surface area contributed by atoms with Gasteiger partial charge >= 0.3 is 0 Å². The third-order valence-electron chi connectivity index (χ3n) is 3.43. The van der Waals surface area contributed by atoms with Crippen LogP contribution in [0.4, 0.5) is 0 Å². The van der Waals surface area contributed by atoms with Gasteiger partial charge in [-0.2, -0.15) is 5.10 Å². The Hall–Kier alpha value is -3.15. The Kier molecular flexibility index (Phi) is 4.33. The lowest BCUT2D eigenvalue weighted by molar-refractivity contribution is 0.0947. The Morgan fingerprint density at radius 3 is 2.83 bits per heavy atom. The SMILES string of the molecule is COc1ncccc1C(=O)NCc1cn[nH]c1-c1ccccc1. The first kappa shape index (κ1) is 14.8. The van der Waals surface area contributed by atoms with Crippen molar-refractivity contribution in [3.8, 4) is 17.1 Å². The molecule has 0 radical (unpaired) electrons. The summed E-state index contributed by atoms with van der Waals surface area (Å²) in [6, 6.07) is 13.2. The molecular weight excluding hydrogens is 292 g/mol. The fourth-order valence-corrected chi connectivity index (χ4v) is 2.30. The van der Waals surface area contributed by atoms with Crippen molar-refractivity contribution in [1.29, 1.82) is 0 Å². The van der Waals surface area contributed by atoms with E-state index in [1.54, 1.807) is 24.5 Å². The second-order valence-electron chi connectivity index (χ2n) is 4.88. The van der Waals surface area contributed by atoms with Crippen LogP contribution in [0, 0.1) is 0 Å². The van der Waals surface area contributed by atoms with Gasteiger partial charge in [0.1, 0.15) is 5.56 Å². The Balaban J connectivity index is 1.75. The normalized spacial score (nSPS) is 10.3. The summed E-state index contributed by atoms with van der Waals surface area (Å²) in [4.78, 5) is 16.3. The average molecular weight is 308 g/mol. The van der Waals surface area contributed by atoms with E-state index in [9.17, 15) is 4.79 Å². The number of methoxy groups -OCH3 is 1. The number of H-pyrrole nitrogens is 1. The van der Waals surface area contributed by atoms with Crippen molar-refractivity contribution in [2.45, 2.75) is 6.54 Å². The first-order valence-electron chi connectivity index (χ1n) is 7.14. The van der Waals surface area contributed by atoms with Crippen LogP contribution in [-0.2, 0) is 6.54 Å². The molecule has 3 rings (SSSR count). The van der Waals surface area contributed by atoms with Gasteiger partial charge in [0.25, 0.3) is 5.91 Å². The Bertz CT molecular complexity index is 799. The lowest BCUT2D eigenvalue weighted by Crippen LogP contribution is -2.23. The minimum absolute atomic E-state index is 0.241. The van der Waals surface area contributed by atoms with Gasteiger partial charge in [0.2, 0.25) is 5.88 Å². The second-order valence-corrected chi connectivity index (χ2v) is 4.88. The van der Waals surface area contributed by atoms with E-state index in [1.807, 2.05) is 30.3 Å². The molecule has 0 unspecified atom stereocenters. The van der Waals surface area contributed by atoms with Gasteiger partial charge in [0, 0.05) is 18.3 Å². The van der Waals surface area contributed by atoms with E-state index in [4.69, 9.17) is 4.74 Å². The van der Waals surface area contributed by atoms with Crippen LogP contribution in [0.1, 0.15) is 15.9 Å². The number of nitrogens with one attached hydrogen (secondary N) is 2. The summed E-state index contributed by atoms with van der Waals surface area (Å²) in [5.41, 5.74) is 3.23. The molecule has 6 nitrogen and oxygen atoms in total. The van der Waals surface area contributed by atoms with Crippen molar-refractivity contribution >= 4 is 5.91 Å². The zero-order valence-electron chi connectivity index (χ0n) is 12.6. The molecule has 23 heavy (non-hydrogen) atoms. The van der Waals surface area contributed by atoms with Crippen LogP contribution in [0.25, 0.3) is 11.3 Å². The smallest absolute Gasteiger partial charge is 0.257 e. The van der Waals surface area contributed by atoms with E-state index >= 15 is 0 Å². The van der Waals surface area contributed by atoms with Gasteiger partial charge in [-0.15, -0.1) is 0 Å². The van der Waals surface area contributed by atoms with E-state index in [1.165, 1.54) is 7.11 Å². The number of nitrogens with zero attached hydrogens (tertiary/aromatic N) is 2. The molecule has 0 saturated carbocycles. The fraction of sp³-hybridized carbons (Fsp3) is 0.118. The Morgan fingerprint density at radius 2 is 2.04 bits per heavy atom. The molecule has 0 aliphatic carbocycles. The van der Waals surface area contributed by atoms with E-state index in [0.29, 0.717) is 18.0 Å². The number of aromatic amines is 1. The van der Waals surface area contributed by atoms with Crippen LogP contribution >= 0.6 is 0 Å². The number of rotatable bonds is 5. The number of carbonyl (C=O) groups excluding carboxylic acids is 1. The monoisotopic (exact) mass is 308 g/mol. The quantitative estimate of drug-likeness (QED) is 0.758. The zero-order valence-corrected chi connectivity index (χ0v) is 12.6. The van der Waals surface area contributed by atoms with Crippen molar-refractivity contribution < 1.29 is 9.53 Å². The largest absolute Gasteiger partial charge is 0.480 e. The molecule has 116 valence electrons. The maximum atomic E-state index is 12.3. The van der Waals surface area contributed by atoms with Crippen LogP contribution in [0.3, 0.4) is 0 Å². The minimum atomic E-state index is -0.241. The predicted molar refractivity (Wildman–Crippen MR) is 86.0 cm³/mol. The van der Waals surface area contributed by atoms with Gasteiger partial charge in [-0.1, -0.05) is 30.3 Å². The number of aromatic nitrogens is 3. The highest BCUT2D eigenvalue weighted by molar-refractivity contribution is 5.96. The molecule has 3 aromatic rings. The molecule has 0 aliphatic heterocycles. The minimum Gasteiger partial charge on any atom is -0.480 e. The van der Waals surface area contributed by atoms with Gasteiger partial charge < -0.3 is 10.1 Å². The average Bonchev–Trinajstić information content (AvgIpc) is 3.09. The third kappa shape index (κ3) is 3.21. The molecule has 0 saturated heterocycles. The van der Waals surface area contributed by atoms with E-state index in [-0.39, 0.29) is 5.91 Å². The van der Waals surface area contributed by atoms with Crippen LogP contribution in [0.5, 0.6) is 5.88 Å². The van der Waals surface area contributed by atoms with E-state index in [0.717, 1.165) is 16.8 Å². The van der Waals surface area contributed by atoms with Gasteiger partial charge in [0.15, 0.2) is 0 Å². The second kappa shape index (κ2) is 6.74. The molecule has 0 spiro atoms. The summed E-state index contributed by atoms with van der Waals surface area (Å²) in [6.45, 7) is 0.359. The molecule has 1 amide bonds.